The highest BCUT2D eigenvalue weighted by Gasteiger charge is 2.11. The monoisotopic (exact) mass is 325 g/mol. The van der Waals surface area contributed by atoms with Gasteiger partial charge in [0.1, 0.15) is 0 Å². The third-order valence-corrected chi connectivity index (χ3v) is 3.81. The van der Waals surface area contributed by atoms with Crippen molar-refractivity contribution in [3.05, 3.63) is 53.6 Å². The second-order valence-electron chi connectivity index (χ2n) is 5.75. The summed E-state index contributed by atoms with van der Waals surface area (Å²) < 4.78 is 11.4. The number of nitrogens with one attached hydrogen (secondary N) is 2. The van der Waals surface area contributed by atoms with E-state index >= 15 is 0 Å². The van der Waals surface area contributed by atoms with Crippen LogP contribution >= 0.6 is 0 Å². The molecule has 0 atom stereocenters. The van der Waals surface area contributed by atoms with E-state index in [0.29, 0.717) is 25.7 Å². The fourth-order valence-corrected chi connectivity index (χ4v) is 2.45. The molecular formula is C19H23N3O2. The van der Waals surface area contributed by atoms with Crippen molar-refractivity contribution in [2.24, 2.45) is 4.99 Å². The minimum absolute atomic E-state index is 0.677. The molecule has 0 spiro atoms. The van der Waals surface area contributed by atoms with Crippen molar-refractivity contribution in [2.75, 3.05) is 25.6 Å². The highest BCUT2D eigenvalue weighted by molar-refractivity contribution is 5.93. The van der Waals surface area contributed by atoms with Crippen LogP contribution in [0.5, 0.6) is 11.5 Å². The van der Waals surface area contributed by atoms with Crippen molar-refractivity contribution < 1.29 is 9.47 Å². The van der Waals surface area contributed by atoms with Crippen LogP contribution in [0.15, 0.2) is 47.5 Å². The van der Waals surface area contributed by atoms with Crippen LogP contribution in [0.3, 0.4) is 0 Å². The van der Waals surface area contributed by atoms with E-state index in [9.17, 15) is 0 Å². The molecule has 0 unspecified atom stereocenters. The molecule has 1 aliphatic rings. The quantitative estimate of drug-likeness (QED) is 0.671. The Hall–Kier alpha value is -2.69. The number of anilines is 1. The molecule has 0 radical (unpaired) electrons. The maximum absolute atomic E-state index is 5.72. The van der Waals surface area contributed by atoms with Crippen LogP contribution in [0.25, 0.3) is 0 Å². The molecule has 0 aliphatic carbocycles. The van der Waals surface area contributed by atoms with Gasteiger partial charge in [0.05, 0.1) is 13.2 Å². The largest absolute Gasteiger partial charge is 0.490 e. The lowest BCUT2D eigenvalue weighted by molar-refractivity contribution is 0.297. The maximum atomic E-state index is 5.72. The second kappa shape index (κ2) is 7.73. The van der Waals surface area contributed by atoms with Gasteiger partial charge in [-0.2, -0.15) is 0 Å². The minimum Gasteiger partial charge on any atom is -0.490 e. The van der Waals surface area contributed by atoms with Gasteiger partial charge in [0.15, 0.2) is 17.5 Å². The van der Waals surface area contributed by atoms with Gasteiger partial charge in [0.2, 0.25) is 0 Å². The molecule has 0 saturated carbocycles. The van der Waals surface area contributed by atoms with Crippen molar-refractivity contribution in [1.29, 1.82) is 0 Å². The molecule has 0 aromatic heterocycles. The number of hydrogen-bond donors (Lipinski definition) is 2. The molecule has 2 aromatic rings. The Morgan fingerprint density at radius 1 is 1.04 bits per heavy atom. The van der Waals surface area contributed by atoms with E-state index in [1.165, 1.54) is 11.1 Å². The van der Waals surface area contributed by atoms with Crippen LogP contribution in [-0.2, 0) is 6.54 Å². The molecule has 5 heteroatoms. The Balaban J connectivity index is 1.63. The van der Waals surface area contributed by atoms with Crippen LogP contribution < -0.4 is 20.1 Å². The minimum atomic E-state index is 0.677. The van der Waals surface area contributed by atoms with E-state index in [2.05, 4.69) is 46.8 Å². The highest BCUT2D eigenvalue weighted by Crippen LogP contribution is 2.32. The summed E-state index contributed by atoms with van der Waals surface area (Å²) in [5.74, 6) is 2.28. The summed E-state index contributed by atoms with van der Waals surface area (Å²) in [6.07, 6.45) is 0.900. The van der Waals surface area contributed by atoms with Crippen molar-refractivity contribution in [1.82, 2.24) is 5.32 Å². The van der Waals surface area contributed by atoms with Gasteiger partial charge in [0.25, 0.3) is 0 Å². The Kier molecular flexibility index (Phi) is 5.21. The summed E-state index contributed by atoms with van der Waals surface area (Å²) in [5.41, 5.74) is 3.38. The van der Waals surface area contributed by atoms with Crippen LogP contribution in [0.2, 0.25) is 0 Å². The number of guanidine groups is 1. The lowest BCUT2D eigenvalue weighted by Gasteiger charge is -2.14. The van der Waals surface area contributed by atoms with Gasteiger partial charge in [0, 0.05) is 31.8 Å². The van der Waals surface area contributed by atoms with Gasteiger partial charge in [-0.1, -0.05) is 29.8 Å². The number of ether oxygens (including phenoxy) is 2. The normalized spacial score (nSPS) is 14.0. The highest BCUT2D eigenvalue weighted by atomic mass is 16.5. The Morgan fingerprint density at radius 2 is 1.79 bits per heavy atom. The molecule has 3 rings (SSSR count). The summed E-state index contributed by atoms with van der Waals surface area (Å²) in [4.78, 5) is 4.27. The number of hydrogen-bond acceptors (Lipinski definition) is 3. The Labute approximate surface area is 142 Å². The van der Waals surface area contributed by atoms with Crippen molar-refractivity contribution in [3.8, 4) is 11.5 Å². The predicted octanol–water partition coefficient (Wildman–Crippen LogP) is 3.34. The molecule has 24 heavy (non-hydrogen) atoms. The average Bonchev–Trinajstić information content (AvgIpc) is 2.85. The number of rotatable bonds is 3. The lowest BCUT2D eigenvalue weighted by atomic mass is 10.1. The van der Waals surface area contributed by atoms with Gasteiger partial charge in [-0.05, 0) is 24.6 Å². The third kappa shape index (κ3) is 4.19. The van der Waals surface area contributed by atoms with Gasteiger partial charge in [-0.15, -0.1) is 0 Å². The average molecular weight is 325 g/mol. The molecule has 2 aromatic carbocycles. The molecule has 0 fully saturated rings. The number of aliphatic imine (C=N–C) groups is 1. The molecule has 1 aliphatic heterocycles. The number of nitrogens with zero attached hydrogens (tertiary/aromatic N) is 1. The molecule has 5 nitrogen and oxygen atoms in total. The first-order chi connectivity index (χ1) is 11.7. The molecule has 2 N–H and O–H groups in total. The van der Waals surface area contributed by atoms with E-state index in [-0.39, 0.29) is 0 Å². The smallest absolute Gasteiger partial charge is 0.195 e. The molecule has 0 bridgehead atoms. The predicted molar refractivity (Wildman–Crippen MR) is 97.0 cm³/mol. The van der Waals surface area contributed by atoms with E-state index in [0.717, 1.165) is 23.6 Å². The fraction of sp³-hybridized carbons (Fsp3) is 0.316. The zero-order chi connectivity index (χ0) is 16.8. The van der Waals surface area contributed by atoms with Gasteiger partial charge >= 0.3 is 0 Å². The Morgan fingerprint density at radius 3 is 2.54 bits per heavy atom. The lowest BCUT2D eigenvalue weighted by Crippen LogP contribution is -2.30. The third-order valence-electron chi connectivity index (χ3n) is 3.81. The SMILES string of the molecule is CN=C(NCc1ccc(C)cc1)Nc1ccc2c(c1)OCCCO2. The standard InChI is InChI=1S/C19H23N3O2/c1-14-4-6-15(7-5-14)13-21-19(20-2)22-16-8-9-17-18(12-16)24-11-3-10-23-17/h4-9,12H,3,10-11,13H2,1-2H3,(H2,20,21,22). The summed E-state index contributed by atoms with van der Waals surface area (Å²) in [6, 6.07) is 14.3. The first kappa shape index (κ1) is 16.2. The zero-order valence-electron chi connectivity index (χ0n) is 14.1. The van der Waals surface area contributed by atoms with Gasteiger partial charge in [-0.25, -0.2) is 0 Å². The maximum Gasteiger partial charge on any atom is 0.195 e. The first-order valence-electron chi connectivity index (χ1n) is 8.17. The number of aryl methyl sites for hydroxylation is 1. The summed E-state index contributed by atoms with van der Waals surface area (Å²) >= 11 is 0. The molecular weight excluding hydrogens is 302 g/mol. The first-order valence-corrected chi connectivity index (χ1v) is 8.17. The molecule has 1 heterocycles. The zero-order valence-corrected chi connectivity index (χ0v) is 14.1. The van der Waals surface area contributed by atoms with Crippen LogP contribution in [0.4, 0.5) is 5.69 Å². The summed E-state index contributed by atoms with van der Waals surface area (Å²) in [7, 11) is 1.76. The molecule has 0 amide bonds. The van der Waals surface area contributed by atoms with E-state index in [1.54, 1.807) is 7.05 Å². The van der Waals surface area contributed by atoms with Gasteiger partial charge in [-0.3, -0.25) is 4.99 Å². The van der Waals surface area contributed by atoms with Crippen LogP contribution in [0, 0.1) is 6.92 Å². The van der Waals surface area contributed by atoms with Crippen molar-refractivity contribution in [2.45, 2.75) is 19.9 Å². The van der Waals surface area contributed by atoms with E-state index in [4.69, 9.17) is 9.47 Å². The molecule has 0 saturated heterocycles. The Bertz CT molecular complexity index is 711. The second-order valence-corrected chi connectivity index (χ2v) is 5.75. The summed E-state index contributed by atoms with van der Waals surface area (Å²) in [5, 5.41) is 6.60. The van der Waals surface area contributed by atoms with Crippen LogP contribution in [-0.4, -0.2) is 26.2 Å². The fourth-order valence-electron chi connectivity index (χ4n) is 2.45. The summed E-state index contributed by atoms with van der Waals surface area (Å²) in [6.45, 7) is 4.17. The number of fused-ring (bicyclic) bond motifs is 1. The molecule has 126 valence electrons. The van der Waals surface area contributed by atoms with Crippen LogP contribution in [0.1, 0.15) is 17.5 Å². The van der Waals surface area contributed by atoms with Crippen molar-refractivity contribution >= 4 is 11.6 Å². The van der Waals surface area contributed by atoms with Gasteiger partial charge < -0.3 is 20.1 Å². The van der Waals surface area contributed by atoms with E-state index < -0.39 is 0 Å². The number of benzene rings is 2. The topological polar surface area (TPSA) is 54.9 Å². The van der Waals surface area contributed by atoms with Crippen molar-refractivity contribution in [3.63, 3.8) is 0 Å². The van der Waals surface area contributed by atoms with E-state index in [1.807, 2.05) is 18.2 Å².